The number of hydrogen-bond donors (Lipinski definition) is 4. The standard InChI is InChI=1S/C30H35NO7/c1-17(2)7-5-8-18(3)9-6-12-30(4)26(34)15-21-25(33)14-20-22(27(21)38-30)16-31(28(20)35)23-13-19(29(36)37)10-11-24(23)32/h7,9-11,13-14,26,32-34H,5-6,8,12,15-16H2,1-4H3,(H,36,37)/b18-9+/t26-,30-/m0/s1. The van der Waals surface area contributed by atoms with Crippen LogP contribution in [0.3, 0.4) is 0 Å². The van der Waals surface area contributed by atoms with Crippen LogP contribution in [0.25, 0.3) is 0 Å². The third-order valence-corrected chi connectivity index (χ3v) is 7.43. The van der Waals surface area contributed by atoms with Crippen molar-refractivity contribution in [1.82, 2.24) is 0 Å². The van der Waals surface area contributed by atoms with E-state index in [1.807, 2.05) is 6.92 Å². The van der Waals surface area contributed by atoms with Gasteiger partial charge < -0.3 is 30.1 Å². The second-order valence-corrected chi connectivity index (χ2v) is 10.7. The number of carboxylic acids is 1. The van der Waals surface area contributed by atoms with Gasteiger partial charge in [-0.3, -0.25) is 4.79 Å². The minimum atomic E-state index is -1.18. The van der Waals surface area contributed by atoms with Crippen LogP contribution >= 0.6 is 0 Å². The lowest BCUT2D eigenvalue weighted by molar-refractivity contribution is -0.0597. The number of carboxylic acid groups (broad SMARTS) is 1. The number of nitrogens with zero attached hydrogens (tertiary/aromatic N) is 1. The molecule has 0 spiro atoms. The zero-order valence-electron chi connectivity index (χ0n) is 22.2. The SMILES string of the molecule is CC(C)=CCC/C(C)=C/CC[C@]1(C)Oc2c(c(O)cc3c2CN(c2cc(C(=O)O)ccc2O)C3=O)C[C@@H]1O. The Morgan fingerprint density at radius 2 is 1.84 bits per heavy atom. The number of carbonyl (C=O) groups is 2. The molecule has 38 heavy (non-hydrogen) atoms. The number of rotatable bonds is 8. The van der Waals surface area contributed by atoms with Crippen LogP contribution in [0.2, 0.25) is 0 Å². The topological polar surface area (TPSA) is 128 Å². The number of allylic oxidation sites excluding steroid dienone is 4. The van der Waals surface area contributed by atoms with Crippen molar-refractivity contribution in [2.75, 3.05) is 4.90 Å². The number of fused-ring (bicyclic) bond motifs is 3. The molecular weight excluding hydrogens is 486 g/mol. The van der Waals surface area contributed by atoms with Crippen LogP contribution in [-0.2, 0) is 13.0 Å². The van der Waals surface area contributed by atoms with E-state index in [2.05, 4.69) is 32.9 Å². The Morgan fingerprint density at radius 1 is 1.11 bits per heavy atom. The van der Waals surface area contributed by atoms with Crippen molar-refractivity contribution < 1.29 is 34.8 Å². The molecule has 4 rings (SSSR count). The third kappa shape index (κ3) is 5.27. The van der Waals surface area contributed by atoms with Gasteiger partial charge in [0.25, 0.3) is 5.91 Å². The molecule has 2 aliphatic rings. The van der Waals surface area contributed by atoms with E-state index in [0.29, 0.717) is 29.7 Å². The summed E-state index contributed by atoms with van der Waals surface area (Å²) in [5.41, 5.74) is 2.80. The molecule has 0 fully saturated rings. The van der Waals surface area contributed by atoms with Crippen molar-refractivity contribution >= 4 is 17.6 Å². The molecule has 8 nitrogen and oxygen atoms in total. The summed E-state index contributed by atoms with van der Waals surface area (Å²) in [5.74, 6) is -1.68. The Balaban J connectivity index is 1.60. The summed E-state index contributed by atoms with van der Waals surface area (Å²) in [5, 5.41) is 41.5. The largest absolute Gasteiger partial charge is 0.508 e. The fraction of sp³-hybridized carbons (Fsp3) is 0.400. The Morgan fingerprint density at radius 3 is 2.53 bits per heavy atom. The molecule has 2 aromatic carbocycles. The van der Waals surface area contributed by atoms with Crippen molar-refractivity contribution in [3.63, 3.8) is 0 Å². The van der Waals surface area contributed by atoms with Gasteiger partial charge in [-0.25, -0.2) is 4.79 Å². The van der Waals surface area contributed by atoms with Gasteiger partial charge in [0.2, 0.25) is 0 Å². The molecule has 1 amide bonds. The van der Waals surface area contributed by atoms with E-state index in [-0.39, 0.29) is 41.3 Å². The Labute approximate surface area is 222 Å². The summed E-state index contributed by atoms with van der Waals surface area (Å²) in [4.78, 5) is 26.0. The van der Waals surface area contributed by atoms with Crippen molar-refractivity contribution in [2.24, 2.45) is 0 Å². The number of ether oxygens (including phenoxy) is 1. The number of anilines is 1. The van der Waals surface area contributed by atoms with Gasteiger partial charge >= 0.3 is 5.97 Å². The first-order valence-electron chi connectivity index (χ1n) is 12.8. The highest BCUT2D eigenvalue weighted by Gasteiger charge is 2.44. The molecule has 2 heterocycles. The monoisotopic (exact) mass is 521 g/mol. The van der Waals surface area contributed by atoms with Crippen LogP contribution in [0.1, 0.15) is 85.2 Å². The zero-order chi connectivity index (χ0) is 27.8. The van der Waals surface area contributed by atoms with E-state index < -0.39 is 23.6 Å². The molecule has 2 aliphatic heterocycles. The van der Waals surface area contributed by atoms with E-state index in [4.69, 9.17) is 4.74 Å². The van der Waals surface area contributed by atoms with Crippen LogP contribution in [0.4, 0.5) is 5.69 Å². The summed E-state index contributed by atoms with van der Waals surface area (Å²) in [6, 6.07) is 5.10. The Hall–Kier alpha value is -3.78. The van der Waals surface area contributed by atoms with Gasteiger partial charge in [-0.2, -0.15) is 0 Å². The number of aromatic hydroxyl groups is 2. The molecule has 4 N–H and O–H groups in total. The summed E-state index contributed by atoms with van der Waals surface area (Å²) >= 11 is 0. The van der Waals surface area contributed by atoms with E-state index >= 15 is 0 Å². The molecule has 0 bridgehead atoms. The van der Waals surface area contributed by atoms with Crippen LogP contribution in [0.5, 0.6) is 17.2 Å². The molecule has 0 radical (unpaired) electrons. The number of phenolic OH excluding ortho intramolecular Hbond substituents is 2. The summed E-state index contributed by atoms with van der Waals surface area (Å²) in [6.45, 7) is 8.12. The van der Waals surface area contributed by atoms with Crippen molar-refractivity contribution in [2.45, 2.75) is 78.0 Å². The van der Waals surface area contributed by atoms with Gasteiger partial charge in [0, 0.05) is 17.5 Å². The Bertz CT molecular complexity index is 1340. The van der Waals surface area contributed by atoms with Crippen molar-refractivity contribution in [1.29, 1.82) is 0 Å². The number of amides is 1. The van der Waals surface area contributed by atoms with Gasteiger partial charge in [0.1, 0.15) is 22.8 Å². The van der Waals surface area contributed by atoms with Gasteiger partial charge in [0.05, 0.1) is 29.5 Å². The molecule has 202 valence electrons. The number of phenols is 2. The molecule has 2 aromatic rings. The second kappa shape index (κ2) is 10.5. The predicted molar refractivity (Wildman–Crippen MR) is 144 cm³/mol. The van der Waals surface area contributed by atoms with Crippen LogP contribution in [-0.4, -0.2) is 44.0 Å². The smallest absolute Gasteiger partial charge is 0.335 e. The van der Waals surface area contributed by atoms with E-state index in [1.54, 1.807) is 0 Å². The molecule has 0 unspecified atom stereocenters. The fourth-order valence-corrected chi connectivity index (χ4v) is 5.07. The van der Waals surface area contributed by atoms with Crippen molar-refractivity contribution in [3.8, 4) is 17.2 Å². The average molecular weight is 522 g/mol. The summed E-state index contributed by atoms with van der Waals surface area (Å²) in [7, 11) is 0. The van der Waals surface area contributed by atoms with Gasteiger partial charge in [-0.1, -0.05) is 23.3 Å². The van der Waals surface area contributed by atoms with Crippen LogP contribution in [0.15, 0.2) is 47.6 Å². The number of benzene rings is 2. The van der Waals surface area contributed by atoms with E-state index in [1.165, 1.54) is 40.3 Å². The number of aliphatic hydroxyl groups excluding tert-OH is 1. The first-order valence-corrected chi connectivity index (χ1v) is 12.8. The average Bonchev–Trinajstić information content (AvgIpc) is 3.16. The molecule has 0 aromatic heterocycles. The minimum Gasteiger partial charge on any atom is -0.508 e. The molecule has 0 saturated heterocycles. The third-order valence-electron chi connectivity index (χ3n) is 7.43. The first-order chi connectivity index (χ1) is 17.9. The fourth-order valence-electron chi connectivity index (χ4n) is 5.07. The van der Waals surface area contributed by atoms with Gasteiger partial charge in [0.15, 0.2) is 0 Å². The van der Waals surface area contributed by atoms with Gasteiger partial charge in [-0.05, 0) is 77.6 Å². The lowest BCUT2D eigenvalue weighted by Crippen LogP contribution is -2.49. The molecule has 2 atom stereocenters. The van der Waals surface area contributed by atoms with Crippen LogP contribution in [0, 0.1) is 0 Å². The molecule has 8 heteroatoms. The van der Waals surface area contributed by atoms with E-state index in [0.717, 1.165) is 12.8 Å². The maximum Gasteiger partial charge on any atom is 0.335 e. The summed E-state index contributed by atoms with van der Waals surface area (Å²) in [6.07, 6.45) is 6.86. The second-order valence-electron chi connectivity index (χ2n) is 10.7. The molecule has 0 aliphatic carbocycles. The summed E-state index contributed by atoms with van der Waals surface area (Å²) < 4.78 is 6.39. The lowest BCUT2D eigenvalue weighted by atomic mass is 9.84. The maximum atomic E-state index is 13.3. The quantitative estimate of drug-likeness (QED) is 0.339. The normalized spacial score (nSPS) is 20.6. The van der Waals surface area contributed by atoms with Crippen molar-refractivity contribution in [3.05, 3.63) is 69.8 Å². The number of hydrogen-bond acceptors (Lipinski definition) is 6. The lowest BCUT2D eigenvalue weighted by Gasteiger charge is -2.40. The highest BCUT2D eigenvalue weighted by molar-refractivity contribution is 6.12. The number of carbonyl (C=O) groups excluding carboxylic acids is 1. The molecular formula is C30H35NO7. The Kier molecular flexibility index (Phi) is 7.56. The highest BCUT2D eigenvalue weighted by Crippen LogP contribution is 2.47. The highest BCUT2D eigenvalue weighted by atomic mass is 16.5. The zero-order valence-corrected chi connectivity index (χ0v) is 22.2. The maximum absolute atomic E-state index is 13.3. The number of aromatic carboxylic acids is 1. The van der Waals surface area contributed by atoms with Crippen LogP contribution < -0.4 is 9.64 Å². The first kappa shape index (κ1) is 27.3. The minimum absolute atomic E-state index is 0.0307. The van der Waals surface area contributed by atoms with E-state index in [9.17, 15) is 30.0 Å². The molecule has 0 saturated carbocycles. The predicted octanol–water partition coefficient (Wildman–Crippen LogP) is 5.48. The number of aliphatic hydroxyl groups is 1. The van der Waals surface area contributed by atoms with Gasteiger partial charge in [-0.15, -0.1) is 0 Å².